The van der Waals surface area contributed by atoms with Crippen molar-refractivity contribution in [3.05, 3.63) is 0 Å². The van der Waals surface area contributed by atoms with Gasteiger partial charge in [-0.25, -0.2) is 4.79 Å². The van der Waals surface area contributed by atoms with Gasteiger partial charge in [0.25, 0.3) is 0 Å². The van der Waals surface area contributed by atoms with E-state index in [-0.39, 0.29) is 24.6 Å². The molecule has 0 aliphatic heterocycles. The Hall–Kier alpha value is -1.30. The first-order valence-corrected chi connectivity index (χ1v) is 6.08. The molecule has 104 valence electrons. The molecule has 0 aromatic heterocycles. The highest BCUT2D eigenvalue weighted by molar-refractivity contribution is 5.80. The molecule has 0 bridgehead atoms. The second-order valence-electron chi connectivity index (χ2n) is 5.49. The predicted molar refractivity (Wildman–Crippen MR) is 65.9 cm³/mol. The molecule has 0 heterocycles. The fourth-order valence-electron chi connectivity index (χ4n) is 1.71. The van der Waals surface area contributed by atoms with Gasteiger partial charge in [-0.3, -0.25) is 4.79 Å². The van der Waals surface area contributed by atoms with Crippen molar-refractivity contribution in [2.45, 2.75) is 45.3 Å². The molecular formula is C12H22N2O4. The number of carbonyl (C=O) groups excluding carboxylic acids is 2. The molecule has 1 aliphatic rings. The van der Waals surface area contributed by atoms with E-state index in [1.807, 2.05) is 20.8 Å². The van der Waals surface area contributed by atoms with Gasteiger partial charge in [-0.1, -0.05) is 0 Å². The number of rotatable bonds is 4. The van der Waals surface area contributed by atoms with Gasteiger partial charge in [-0.05, 0) is 33.6 Å². The van der Waals surface area contributed by atoms with E-state index >= 15 is 0 Å². The number of carbonyl (C=O) groups is 2. The lowest BCUT2D eigenvalue weighted by atomic mass is 9.80. The van der Waals surface area contributed by atoms with Crippen LogP contribution < -0.4 is 10.6 Å². The number of methoxy groups -OCH3 is 1. The molecule has 0 radical (unpaired) electrons. The van der Waals surface area contributed by atoms with Crippen LogP contribution in [0.2, 0.25) is 0 Å². The second kappa shape index (κ2) is 6.04. The fraction of sp³-hybridized carbons (Fsp3) is 0.833. The third-order valence-corrected chi connectivity index (χ3v) is 2.62. The Labute approximate surface area is 107 Å². The smallest absolute Gasteiger partial charge is 0.407 e. The summed E-state index contributed by atoms with van der Waals surface area (Å²) in [6.45, 7) is 5.66. The van der Waals surface area contributed by atoms with Crippen LogP contribution in [0.4, 0.5) is 4.79 Å². The van der Waals surface area contributed by atoms with E-state index in [2.05, 4.69) is 10.6 Å². The molecule has 0 unspecified atom stereocenters. The van der Waals surface area contributed by atoms with E-state index in [0.29, 0.717) is 12.8 Å². The molecule has 1 saturated carbocycles. The summed E-state index contributed by atoms with van der Waals surface area (Å²) in [5.74, 6) is -0.0702. The van der Waals surface area contributed by atoms with Gasteiger partial charge in [0.2, 0.25) is 5.91 Å². The highest BCUT2D eigenvalue weighted by atomic mass is 16.6. The minimum Gasteiger partial charge on any atom is -0.444 e. The van der Waals surface area contributed by atoms with Gasteiger partial charge < -0.3 is 20.1 Å². The standard InChI is InChI=1S/C12H22N2O4/c1-12(2,3)18-11(16)14-9-5-8(6-9)10(15)13-7-17-4/h8-9H,5-7H2,1-4H3,(H,13,15)(H,14,16). The maximum absolute atomic E-state index is 11.5. The van der Waals surface area contributed by atoms with Crippen molar-refractivity contribution >= 4 is 12.0 Å². The van der Waals surface area contributed by atoms with Crippen LogP contribution in [0, 0.1) is 5.92 Å². The molecule has 1 rings (SSSR count). The van der Waals surface area contributed by atoms with Gasteiger partial charge in [0.15, 0.2) is 0 Å². The molecule has 0 spiro atoms. The van der Waals surface area contributed by atoms with Crippen LogP contribution in [0.5, 0.6) is 0 Å². The molecule has 0 atom stereocenters. The molecule has 0 aromatic rings. The molecule has 2 amide bonds. The maximum Gasteiger partial charge on any atom is 0.407 e. The number of hydrogen-bond donors (Lipinski definition) is 2. The minimum atomic E-state index is -0.497. The Balaban J connectivity index is 2.19. The monoisotopic (exact) mass is 258 g/mol. The summed E-state index contributed by atoms with van der Waals surface area (Å²) in [5.41, 5.74) is -0.497. The van der Waals surface area contributed by atoms with E-state index in [4.69, 9.17) is 9.47 Å². The molecule has 18 heavy (non-hydrogen) atoms. The van der Waals surface area contributed by atoms with E-state index in [9.17, 15) is 9.59 Å². The number of ether oxygens (including phenoxy) is 2. The average Bonchev–Trinajstić information content (AvgIpc) is 2.16. The number of nitrogens with one attached hydrogen (secondary N) is 2. The van der Waals surface area contributed by atoms with Gasteiger partial charge in [0.1, 0.15) is 12.3 Å². The SMILES string of the molecule is COCNC(=O)C1CC(NC(=O)OC(C)(C)C)C1. The van der Waals surface area contributed by atoms with Crippen LogP contribution in [-0.2, 0) is 14.3 Å². The maximum atomic E-state index is 11.5. The summed E-state index contributed by atoms with van der Waals surface area (Å²) in [7, 11) is 1.52. The van der Waals surface area contributed by atoms with E-state index in [0.717, 1.165) is 0 Å². The van der Waals surface area contributed by atoms with E-state index in [1.54, 1.807) is 0 Å². The van der Waals surface area contributed by atoms with Crippen molar-refractivity contribution in [3.63, 3.8) is 0 Å². The van der Waals surface area contributed by atoms with Gasteiger partial charge >= 0.3 is 6.09 Å². The Bertz CT molecular complexity index is 306. The highest BCUT2D eigenvalue weighted by Gasteiger charge is 2.35. The number of amides is 2. The molecule has 2 N–H and O–H groups in total. The quantitative estimate of drug-likeness (QED) is 0.738. The molecule has 0 saturated heterocycles. The average molecular weight is 258 g/mol. The molecule has 6 nitrogen and oxygen atoms in total. The van der Waals surface area contributed by atoms with Crippen molar-refractivity contribution in [2.75, 3.05) is 13.8 Å². The lowest BCUT2D eigenvalue weighted by molar-refractivity contribution is -0.129. The topological polar surface area (TPSA) is 76.7 Å². The lowest BCUT2D eigenvalue weighted by Crippen LogP contribution is -2.50. The zero-order valence-electron chi connectivity index (χ0n) is 11.4. The second-order valence-corrected chi connectivity index (χ2v) is 5.49. The highest BCUT2D eigenvalue weighted by Crippen LogP contribution is 2.27. The Morgan fingerprint density at radius 3 is 2.39 bits per heavy atom. The van der Waals surface area contributed by atoms with Gasteiger partial charge in [0, 0.05) is 19.1 Å². The molecule has 1 aliphatic carbocycles. The molecule has 6 heteroatoms. The van der Waals surface area contributed by atoms with Crippen molar-refractivity contribution < 1.29 is 19.1 Å². The Morgan fingerprint density at radius 1 is 1.28 bits per heavy atom. The Morgan fingerprint density at radius 2 is 1.89 bits per heavy atom. The van der Waals surface area contributed by atoms with Crippen LogP contribution in [0.1, 0.15) is 33.6 Å². The third-order valence-electron chi connectivity index (χ3n) is 2.62. The van der Waals surface area contributed by atoms with Crippen LogP contribution in [0.3, 0.4) is 0 Å². The van der Waals surface area contributed by atoms with Crippen molar-refractivity contribution in [2.24, 2.45) is 5.92 Å². The summed E-state index contributed by atoms with van der Waals surface area (Å²) < 4.78 is 9.89. The molecular weight excluding hydrogens is 236 g/mol. The third kappa shape index (κ3) is 4.91. The van der Waals surface area contributed by atoms with Crippen LogP contribution in [0.25, 0.3) is 0 Å². The number of hydrogen-bond acceptors (Lipinski definition) is 4. The van der Waals surface area contributed by atoms with Gasteiger partial charge in [0.05, 0.1) is 0 Å². The van der Waals surface area contributed by atoms with E-state index < -0.39 is 11.7 Å². The predicted octanol–water partition coefficient (Wildman–Crippen LogP) is 1.01. The molecule has 0 aromatic carbocycles. The van der Waals surface area contributed by atoms with Gasteiger partial charge in [-0.2, -0.15) is 0 Å². The van der Waals surface area contributed by atoms with E-state index in [1.165, 1.54) is 7.11 Å². The Kier molecular flexibility index (Phi) is 4.95. The summed E-state index contributed by atoms with van der Waals surface area (Å²) in [5, 5.41) is 5.38. The minimum absolute atomic E-state index is 0.0261. The first kappa shape index (κ1) is 14.8. The van der Waals surface area contributed by atoms with Crippen LogP contribution in [-0.4, -0.2) is 37.5 Å². The number of alkyl carbamates (subject to hydrolysis) is 1. The van der Waals surface area contributed by atoms with Crippen LogP contribution in [0.15, 0.2) is 0 Å². The summed E-state index contributed by atoms with van der Waals surface area (Å²) >= 11 is 0. The summed E-state index contributed by atoms with van der Waals surface area (Å²) in [4.78, 5) is 23.0. The van der Waals surface area contributed by atoms with Crippen molar-refractivity contribution in [1.29, 1.82) is 0 Å². The zero-order valence-corrected chi connectivity index (χ0v) is 11.4. The first-order valence-electron chi connectivity index (χ1n) is 6.08. The van der Waals surface area contributed by atoms with Crippen molar-refractivity contribution in [3.8, 4) is 0 Å². The van der Waals surface area contributed by atoms with Gasteiger partial charge in [-0.15, -0.1) is 0 Å². The lowest BCUT2D eigenvalue weighted by Gasteiger charge is -2.35. The normalized spacial score (nSPS) is 22.9. The molecule has 1 fully saturated rings. The first-order chi connectivity index (χ1) is 8.31. The van der Waals surface area contributed by atoms with Crippen LogP contribution >= 0.6 is 0 Å². The van der Waals surface area contributed by atoms with Crippen molar-refractivity contribution in [1.82, 2.24) is 10.6 Å². The summed E-state index contributed by atoms with van der Waals surface area (Å²) in [6, 6.07) is 0.0261. The zero-order chi connectivity index (χ0) is 13.8. The summed E-state index contributed by atoms with van der Waals surface area (Å²) in [6.07, 6.45) is 0.868. The largest absolute Gasteiger partial charge is 0.444 e. The fourth-order valence-corrected chi connectivity index (χ4v) is 1.71.